The van der Waals surface area contributed by atoms with Crippen LogP contribution in [0.1, 0.15) is 45.4 Å². The van der Waals surface area contributed by atoms with Gasteiger partial charge in [-0.1, -0.05) is 19.8 Å². The van der Waals surface area contributed by atoms with Crippen LogP contribution in [0.2, 0.25) is 0 Å². The quantitative estimate of drug-likeness (QED) is 0.685. The second-order valence-electron chi connectivity index (χ2n) is 5.75. The smallest absolute Gasteiger partial charge is 0.326 e. The number of nitrogens with one attached hydrogen (secondary N) is 1. The average Bonchev–Trinajstić information content (AvgIpc) is 2.85. The number of carbonyl (C=O) groups is 1. The Labute approximate surface area is 117 Å². The van der Waals surface area contributed by atoms with E-state index in [0.29, 0.717) is 5.92 Å². The van der Waals surface area contributed by atoms with E-state index in [1.165, 1.54) is 20.0 Å². The molecule has 0 aromatic heterocycles. The van der Waals surface area contributed by atoms with Gasteiger partial charge in [0.1, 0.15) is 5.54 Å². The summed E-state index contributed by atoms with van der Waals surface area (Å²) in [5.41, 5.74) is -0.444. The van der Waals surface area contributed by atoms with Gasteiger partial charge in [0, 0.05) is 0 Å². The second-order valence-corrected chi connectivity index (χ2v) is 5.75. The molecular formula is C15H30N2O2. The molecule has 0 heterocycles. The van der Waals surface area contributed by atoms with Crippen molar-refractivity contribution in [2.24, 2.45) is 5.92 Å². The van der Waals surface area contributed by atoms with E-state index < -0.39 is 5.54 Å². The summed E-state index contributed by atoms with van der Waals surface area (Å²) in [5.74, 6) is 0.308. The third kappa shape index (κ3) is 3.93. The van der Waals surface area contributed by atoms with E-state index in [-0.39, 0.29) is 5.97 Å². The number of hydrogen-bond donors (Lipinski definition) is 1. The summed E-state index contributed by atoms with van der Waals surface area (Å²) in [6.07, 6.45) is 6.68. The van der Waals surface area contributed by atoms with Gasteiger partial charge >= 0.3 is 5.97 Å². The molecule has 1 N–H and O–H groups in total. The molecule has 1 rings (SSSR count). The molecule has 2 unspecified atom stereocenters. The van der Waals surface area contributed by atoms with Crippen LogP contribution in [0.4, 0.5) is 0 Å². The SMILES string of the molecule is CCCCN(C)CCC1CCCC1(NC)C(=O)OC. The van der Waals surface area contributed by atoms with Crippen LogP contribution in [0.5, 0.6) is 0 Å². The van der Waals surface area contributed by atoms with Crippen LogP contribution in [-0.2, 0) is 9.53 Å². The zero-order valence-electron chi connectivity index (χ0n) is 13.0. The molecule has 4 nitrogen and oxygen atoms in total. The van der Waals surface area contributed by atoms with Crippen LogP contribution in [0.15, 0.2) is 0 Å². The number of rotatable bonds is 8. The Kier molecular flexibility index (Phi) is 6.80. The van der Waals surface area contributed by atoms with Gasteiger partial charge in [0.05, 0.1) is 7.11 Å². The van der Waals surface area contributed by atoms with E-state index in [1.54, 1.807) is 0 Å². The second kappa shape index (κ2) is 7.85. The third-order valence-corrected chi connectivity index (χ3v) is 4.57. The first-order valence-electron chi connectivity index (χ1n) is 7.56. The van der Waals surface area contributed by atoms with Gasteiger partial charge in [0.2, 0.25) is 0 Å². The third-order valence-electron chi connectivity index (χ3n) is 4.57. The van der Waals surface area contributed by atoms with Crippen LogP contribution in [0.25, 0.3) is 0 Å². The predicted molar refractivity (Wildman–Crippen MR) is 78.2 cm³/mol. The molecule has 0 spiro atoms. The number of likely N-dealkylation sites (N-methyl/N-ethyl adjacent to an activating group) is 1. The number of carbonyl (C=O) groups excluding carboxylic acids is 1. The van der Waals surface area contributed by atoms with Crippen molar-refractivity contribution in [3.63, 3.8) is 0 Å². The van der Waals surface area contributed by atoms with Crippen LogP contribution in [-0.4, -0.2) is 50.7 Å². The minimum absolute atomic E-state index is 0.0892. The Morgan fingerprint density at radius 1 is 1.47 bits per heavy atom. The Balaban J connectivity index is 2.53. The number of hydrogen-bond acceptors (Lipinski definition) is 4. The monoisotopic (exact) mass is 270 g/mol. The number of esters is 1. The highest BCUT2D eigenvalue weighted by molar-refractivity contribution is 5.81. The molecule has 19 heavy (non-hydrogen) atoms. The summed E-state index contributed by atoms with van der Waals surface area (Å²) >= 11 is 0. The number of ether oxygens (including phenoxy) is 1. The first-order chi connectivity index (χ1) is 9.10. The van der Waals surface area contributed by atoms with Crippen LogP contribution in [0, 0.1) is 5.92 Å². The number of methoxy groups -OCH3 is 1. The maximum Gasteiger partial charge on any atom is 0.326 e. The molecule has 2 atom stereocenters. The maximum absolute atomic E-state index is 12.1. The fraction of sp³-hybridized carbons (Fsp3) is 0.933. The molecule has 4 heteroatoms. The van der Waals surface area contributed by atoms with E-state index in [9.17, 15) is 4.79 Å². The lowest BCUT2D eigenvalue weighted by atomic mass is 9.84. The highest BCUT2D eigenvalue weighted by atomic mass is 16.5. The van der Waals surface area contributed by atoms with E-state index in [4.69, 9.17) is 4.74 Å². The lowest BCUT2D eigenvalue weighted by Crippen LogP contribution is -2.54. The number of unbranched alkanes of at least 4 members (excludes halogenated alkanes) is 1. The predicted octanol–water partition coefficient (Wildman–Crippen LogP) is 2.04. The maximum atomic E-state index is 12.1. The van der Waals surface area contributed by atoms with E-state index in [1.807, 2.05) is 7.05 Å². The first kappa shape index (κ1) is 16.4. The molecule has 0 radical (unpaired) electrons. The Morgan fingerprint density at radius 2 is 2.21 bits per heavy atom. The zero-order valence-corrected chi connectivity index (χ0v) is 13.0. The molecule has 1 saturated carbocycles. The lowest BCUT2D eigenvalue weighted by Gasteiger charge is -2.33. The van der Waals surface area contributed by atoms with Crippen molar-refractivity contribution in [3.8, 4) is 0 Å². The van der Waals surface area contributed by atoms with Gasteiger partial charge in [-0.2, -0.15) is 0 Å². The zero-order chi connectivity index (χ0) is 14.3. The molecular weight excluding hydrogens is 240 g/mol. The fourth-order valence-corrected chi connectivity index (χ4v) is 3.27. The summed E-state index contributed by atoms with van der Waals surface area (Å²) in [6.45, 7) is 4.42. The Bertz CT molecular complexity index is 283. The average molecular weight is 270 g/mol. The Morgan fingerprint density at radius 3 is 2.79 bits per heavy atom. The van der Waals surface area contributed by atoms with Crippen LogP contribution >= 0.6 is 0 Å². The summed E-state index contributed by atoms with van der Waals surface area (Å²) in [5, 5.41) is 3.25. The highest BCUT2D eigenvalue weighted by Crippen LogP contribution is 2.38. The van der Waals surface area contributed by atoms with Gasteiger partial charge in [-0.25, -0.2) is 0 Å². The van der Waals surface area contributed by atoms with Crippen molar-refractivity contribution < 1.29 is 9.53 Å². The lowest BCUT2D eigenvalue weighted by molar-refractivity contribution is -0.150. The minimum Gasteiger partial charge on any atom is -0.468 e. The van der Waals surface area contributed by atoms with Crippen molar-refractivity contribution in [2.75, 3.05) is 34.3 Å². The standard InChI is InChI=1S/C15H30N2O2/c1-5-6-11-17(3)12-9-13-8-7-10-15(13,16-2)14(18)19-4/h13,16H,5-12H2,1-4H3. The normalized spacial score (nSPS) is 26.9. The van der Waals surface area contributed by atoms with Gasteiger partial charge in [-0.05, 0) is 58.8 Å². The topological polar surface area (TPSA) is 41.6 Å². The highest BCUT2D eigenvalue weighted by Gasteiger charge is 2.48. The van der Waals surface area contributed by atoms with E-state index in [2.05, 4.69) is 24.2 Å². The van der Waals surface area contributed by atoms with Crippen molar-refractivity contribution in [2.45, 2.75) is 51.0 Å². The molecule has 0 aromatic carbocycles. The molecule has 0 bridgehead atoms. The van der Waals surface area contributed by atoms with Gasteiger partial charge in [0.25, 0.3) is 0 Å². The molecule has 0 saturated heterocycles. The van der Waals surface area contributed by atoms with Gasteiger partial charge in [-0.15, -0.1) is 0 Å². The largest absolute Gasteiger partial charge is 0.468 e. The van der Waals surface area contributed by atoms with Crippen LogP contribution < -0.4 is 5.32 Å². The number of nitrogens with zero attached hydrogens (tertiary/aromatic N) is 1. The Hall–Kier alpha value is -0.610. The molecule has 1 aliphatic rings. The molecule has 0 amide bonds. The van der Waals surface area contributed by atoms with Gasteiger partial charge in [-0.3, -0.25) is 4.79 Å². The molecule has 1 fully saturated rings. The summed E-state index contributed by atoms with van der Waals surface area (Å²) in [6, 6.07) is 0. The van der Waals surface area contributed by atoms with Crippen molar-refractivity contribution in [3.05, 3.63) is 0 Å². The summed E-state index contributed by atoms with van der Waals surface area (Å²) in [7, 11) is 5.55. The first-order valence-corrected chi connectivity index (χ1v) is 7.56. The fourth-order valence-electron chi connectivity index (χ4n) is 3.27. The molecule has 1 aliphatic carbocycles. The molecule has 0 aromatic rings. The van der Waals surface area contributed by atoms with E-state index in [0.717, 1.165) is 38.8 Å². The molecule has 0 aliphatic heterocycles. The molecule has 112 valence electrons. The van der Waals surface area contributed by atoms with Crippen molar-refractivity contribution >= 4 is 5.97 Å². The van der Waals surface area contributed by atoms with Gasteiger partial charge < -0.3 is 15.0 Å². The van der Waals surface area contributed by atoms with Crippen LogP contribution in [0.3, 0.4) is 0 Å². The summed E-state index contributed by atoms with van der Waals surface area (Å²) < 4.78 is 5.02. The minimum atomic E-state index is -0.444. The van der Waals surface area contributed by atoms with Gasteiger partial charge in [0.15, 0.2) is 0 Å². The van der Waals surface area contributed by atoms with Crippen molar-refractivity contribution in [1.29, 1.82) is 0 Å². The van der Waals surface area contributed by atoms with E-state index >= 15 is 0 Å². The van der Waals surface area contributed by atoms with Crippen molar-refractivity contribution in [1.82, 2.24) is 10.2 Å². The summed E-state index contributed by atoms with van der Waals surface area (Å²) in [4.78, 5) is 14.5.